The molecule has 1 aliphatic heterocycles. The second-order valence-corrected chi connectivity index (χ2v) is 7.69. The first-order chi connectivity index (χ1) is 12.2. The number of benzene rings is 1. The topological polar surface area (TPSA) is 64.8 Å². The minimum absolute atomic E-state index is 0.260. The standard InChI is InChI=1S/C20H26N2O4/c1-13-17-8-9-22(19(23)26-20(3,4)5)10-15(17)6-7-18(13)24-11-16-12-25-21-14(16)2/h6-7,12H,8-11H2,1-5H3. The van der Waals surface area contributed by atoms with Crippen molar-refractivity contribution < 1.29 is 18.8 Å². The first kappa shape index (κ1) is 18.3. The number of hydrogen-bond acceptors (Lipinski definition) is 5. The SMILES string of the molecule is Cc1nocc1COc1ccc2c(c1C)CCN(C(=O)OC(C)(C)C)C2. The molecule has 1 amide bonds. The molecule has 0 fully saturated rings. The predicted molar refractivity (Wildman–Crippen MR) is 97.1 cm³/mol. The number of carbonyl (C=O) groups is 1. The van der Waals surface area contributed by atoms with Crippen LogP contribution in [0.3, 0.4) is 0 Å². The van der Waals surface area contributed by atoms with Crippen LogP contribution in [0.2, 0.25) is 0 Å². The van der Waals surface area contributed by atoms with Gasteiger partial charge in [-0.15, -0.1) is 0 Å². The summed E-state index contributed by atoms with van der Waals surface area (Å²) < 4.78 is 16.4. The lowest BCUT2D eigenvalue weighted by molar-refractivity contribution is 0.0223. The van der Waals surface area contributed by atoms with Crippen LogP contribution in [-0.4, -0.2) is 28.3 Å². The van der Waals surface area contributed by atoms with Crippen molar-refractivity contribution in [3.05, 3.63) is 46.3 Å². The number of aryl methyl sites for hydroxylation is 1. The van der Waals surface area contributed by atoms with Crippen molar-refractivity contribution in [3.63, 3.8) is 0 Å². The maximum atomic E-state index is 12.3. The van der Waals surface area contributed by atoms with E-state index in [0.29, 0.717) is 19.7 Å². The largest absolute Gasteiger partial charge is 0.488 e. The lowest BCUT2D eigenvalue weighted by atomic mass is 9.94. The Morgan fingerprint density at radius 1 is 1.31 bits per heavy atom. The molecule has 1 aliphatic rings. The molecule has 1 aromatic heterocycles. The third kappa shape index (κ3) is 4.00. The lowest BCUT2D eigenvalue weighted by Gasteiger charge is -2.32. The molecule has 2 heterocycles. The average molecular weight is 358 g/mol. The summed E-state index contributed by atoms with van der Waals surface area (Å²) in [6.07, 6.45) is 2.15. The fourth-order valence-corrected chi connectivity index (χ4v) is 3.06. The van der Waals surface area contributed by atoms with Crippen molar-refractivity contribution in [1.82, 2.24) is 10.1 Å². The van der Waals surface area contributed by atoms with Crippen LogP contribution in [0.4, 0.5) is 4.79 Å². The van der Waals surface area contributed by atoms with E-state index in [1.807, 2.05) is 39.8 Å². The van der Waals surface area contributed by atoms with Crippen LogP contribution in [-0.2, 0) is 24.3 Å². The first-order valence-corrected chi connectivity index (χ1v) is 8.86. The highest BCUT2D eigenvalue weighted by atomic mass is 16.6. The second-order valence-electron chi connectivity index (χ2n) is 7.69. The van der Waals surface area contributed by atoms with Gasteiger partial charge in [0.15, 0.2) is 0 Å². The molecule has 0 saturated heterocycles. The second kappa shape index (κ2) is 7.02. The number of aromatic nitrogens is 1. The van der Waals surface area contributed by atoms with Gasteiger partial charge in [-0.25, -0.2) is 4.79 Å². The van der Waals surface area contributed by atoms with Crippen molar-refractivity contribution in [2.24, 2.45) is 0 Å². The summed E-state index contributed by atoms with van der Waals surface area (Å²) in [5.74, 6) is 0.857. The van der Waals surface area contributed by atoms with E-state index < -0.39 is 5.60 Å². The Morgan fingerprint density at radius 3 is 2.73 bits per heavy atom. The number of nitrogens with zero attached hydrogens (tertiary/aromatic N) is 2. The van der Waals surface area contributed by atoms with Gasteiger partial charge in [0, 0.05) is 13.1 Å². The molecule has 6 nitrogen and oxygen atoms in total. The maximum Gasteiger partial charge on any atom is 0.410 e. The van der Waals surface area contributed by atoms with Crippen molar-refractivity contribution in [2.75, 3.05) is 6.54 Å². The minimum atomic E-state index is -0.481. The highest BCUT2D eigenvalue weighted by Crippen LogP contribution is 2.30. The number of rotatable bonds is 3. The maximum absolute atomic E-state index is 12.3. The summed E-state index contributed by atoms with van der Waals surface area (Å²) in [5, 5.41) is 3.87. The Morgan fingerprint density at radius 2 is 2.08 bits per heavy atom. The molecule has 2 aromatic rings. The van der Waals surface area contributed by atoms with Crippen LogP contribution in [0.1, 0.15) is 48.7 Å². The molecule has 0 N–H and O–H groups in total. The van der Waals surface area contributed by atoms with Gasteiger partial charge in [0.1, 0.15) is 24.2 Å². The molecule has 0 saturated carbocycles. The van der Waals surface area contributed by atoms with Gasteiger partial charge in [0.25, 0.3) is 0 Å². The normalized spacial score (nSPS) is 14.1. The van der Waals surface area contributed by atoms with E-state index in [9.17, 15) is 4.79 Å². The lowest BCUT2D eigenvalue weighted by Crippen LogP contribution is -2.40. The first-order valence-electron chi connectivity index (χ1n) is 8.86. The van der Waals surface area contributed by atoms with E-state index in [1.165, 1.54) is 5.56 Å². The Bertz CT molecular complexity index is 805. The zero-order valence-electron chi connectivity index (χ0n) is 16.1. The molecule has 0 spiro atoms. The van der Waals surface area contributed by atoms with Crippen molar-refractivity contribution in [2.45, 2.75) is 59.8 Å². The molecular formula is C20H26N2O4. The van der Waals surface area contributed by atoms with Crippen LogP contribution >= 0.6 is 0 Å². The fraction of sp³-hybridized carbons (Fsp3) is 0.500. The summed E-state index contributed by atoms with van der Waals surface area (Å²) in [6.45, 7) is 11.3. The Kier molecular flexibility index (Phi) is 4.94. The predicted octanol–water partition coefficient (Wildman–Crippen LogP) is 4.16. The molecule has 0 radical (unpaired) electrons. The smallest absolute Gasteiger partial charge is 0.410 e. The molecule has 1 aromatic carbocycles. The van der Waals surface area contributed by atoms with Gasteiger partial charge < -0.3 is 18.9 Å². The van der Waals surface area contributed by atoms with Gasteiger partial charge in [-0.05, 0) is 63.8 Å². The van der Waals surface area contributed by atoms with Gasteiger partial charge >= 0.3 is 6.09 Å². The number of ether oxygens (including phenoxy) is 2. The number of fused-ring (bicyclic) bond motifs is 1. The third-order valence-corrected chi connectivity index (χ3v) is 4.52. The molecule has 140 valence electrons. The molecule has 26 heavy (non-hydrogen) atoms. The average Bonchev–Trinajstić information content (AvgIpc) is 2.97. The summed E-state index contributed by atoms with van der Waals surface area (Å²) in [7, 11) is 0. The third-order valence-electron chi connectivity index (χ3n) is 4.52. The Balaban J connectivity index is 1.70. The highest BCUT2D eigenvalue weighted by Gasteiger charge is 2.27. The Labute approximate surface area is 154 Å². The fourth-order valence-electron chi connectivity index (χ4n) is 3.06. The highest BCUT2D eigenvalue weighted by molar-refractivity contribution is 5.69. The van der Waals surface area contributed by atoms with E-state index in [2.05, 4.69) is 12.1 Å². The van der Waals surface area contributed by atoms with Crippen molar-refractivity contribution >= 4 is 6.09 Å². The molecule has 6 heteroatoms. The molecule has 0 bridgehead atoms. The van der Waals surface area contributed by atoms with Crippen LogP contribution < -0.4 is 4.74 Å². The van der Waals surface area contributed by atoms with Gasteiger partial charge in [-0.2, -0.15) is 0 Å². The zero-order valence-corrected chi connectivity index (χ0v) is 16.1. The van der Waals surface area contributed by atoms with E-state index in [4.69, 9.17) is 14.0 Å². The Hall–Kier alpha value is -2.50. The quantitative estimate of drug-likeness (QED) is 0.824. The number of carbonyl (C=O) groups excluding carboxylic acids is 1. The number of hydrogen-bond donors (Lipinski definition) is 0. The van der Waals surface area contributed by atoms with Gasteiger partial charge in [-0.3, -0.25) is 0 Å². The molecule has 0 unspecified atom stereocenters. The van der Waals surface area contributed by atoms with Crippen molar-refractivity contribution in [1.29, 1.82) is 0 Å². The molecule has 0 atom stereocenters. The molecule has 0 aliphatic carbocycles. The monoisotopic (exact) mass is 358 g/mol. The van der Waals surface area contributed by atoms with Gasteiger partial charge in [0.2, 0.25) is 0 Å². The summed E-state index contributed by atoms with van der Waals surface area (Å²) in [6, 6.07) is 4.00. The summed E-state index contributed by atoms with van der Waals surface area (Å²) in [5.41, 5.74) is 4.83. The van der Waals surface area contributed by atoms with Crippen LogP contribution in [0.15, 0.2) is 22.9 Å². The van der Waals surface area contributed by atoms with Crippen molar-refractivity contribution in [3.8, 4) is 5.75 Å². The van der Waals surface area contributed by atoms with E-state index in [0.717, 1.165) is 34.6 Å². The van der Waals surface area contributed by atoms with E-state index in [1.54, 1.807) is 11.2 Å². The number of amides is 1. The summed E-state index contributed by atoms with van der Waals surface area (Å²) >= 11 is 0. The minimum Gasteiger partial charge on any atom is -0.488 e. The van der Waals surface area contributed by atoms with E-state index >= 15 is 0 Å². The molecular weight excluding hydrogens is 332 g/mol. The van der Waals surface area contributed by atoms with Gasteiger partial charge in [0.05, 0.1) is 11.3 Å². The van der Waals surface area contributed by atoms with Crippen LogP contribution in [0.25, 0.3) is 0 Å². The van der Waals surface area contributed by atoms with E-state index in [-0.39, 0.29) is 6.09 Å². The summed E-state index contributed by atoms with van der Waals surface area (Å²) in [4.78, 5) is 14.1. The van der Waals surface area contributed by atoms with Crippen LogP contribution in [0, 0.1) is 13.8 Å². The van der Waals surface area contributed by atoms with Crippen LogP contribution in [0.5, 0.6) is 5.75 Å². The van der Waals surface area contributed by atoms with Gasteiger partial charge in [-0.1, -0.05) is 11.2 Å². The molecule has 3 rings (SSSR count). The zero-order chi connectivity index (χ0) is 18.9.